The topological polar surface area (TPSA) is 92.4 Å². The summed E-state index contributed by atoms with van der Waals surface area (Å²) < 4.78 is 5.24. The number of hydrogen-bond donors (Lipinski definition) is 2. The molecule has 0 unspecified atom stereocenters. The lowest BCUT2D eigenvalue weighted by Crippen LogP contribution is -2.36. The standard InChI is InChI=1S/C17H24N2O4/c1-9-6-11(12(16(21)22)7-10(9)2)15(20)18-14-8-13(23-19-14)17(3,4)5/h8,11-12H,6-7H2,1-5H3,(H,21,22)(H,18,19,20)/t11-,12+/m1/s1. The number of rotatable bonds is 3. The van der Waals surface area contributed by atoms with E-state index >= 15 is 0 Å². The van der Waals surface area contributed by atoms with Gasteiger partial charge in [-0.05, 0) is 26.7 Å². The van der Waals surface area contributed by atoms with Gasteiger partial charge in [-0.2, -0.15) is 0 Å². The van der Waals surface area contributed by atoms with Gasteiger partial charge in [-0.25, -0.2) is 0 Å². The summed E-state index contributed by atoms with van der Waals surface area (Å²) in [7, 11) is 0. The zero-order chi connectivity index (χ0) is 17.4. The van der Waals surface area contributed by atoms with Gasteiger partial charge in [0.05, 0.1) is 11.8 Å². The minimum atomic E-state index is -0.937. The quantitative estimate of drug-likeness (QED) is 0.833. The molecule has 0 spiro atoms. The molecule has 126 valence electrons. The minimum absolute atomic E-state index is 0.207. The maximum absolute atomic E-state index is 12.5. The molecule has 0 fully saturated rings. The first-order valence-electron chi connectivity index (χ1n) is 7.75. The summed E-state index contributed by atoms with van der Waals surface area (Å²) in [6.45, 7) is 9.82. The average molecular weight is 320 g/mol. The van der Waals surface area contributed by atoms with Gasteiger partial charge in [-0.1, -0.05) is 37.1 Å². The number of carbonyl (C=O) groups is 2. The van der Waals surface area contributed by atoms with Crippen LogP contribution >= 0.6 is 0 Å². The molecule has 0 saturated heterocycles. The van der Waals surface area contributed by atoms with Crippen molar-refractivity contribution in [3.63, 3.8) is 0 Å². The first-order chi connectivity index (χ1) is 10.6. The Hall–Kier alpha value is -2.11. The molecule has 1 heterocycles. The molecule has 6 nitrogen and oxygen atoms in total. The Balaban J connectivity index is 2.16. The van der Waals surface area contributed by atoms with Crippen LogP contribution in [0, 0.1) is 11.8 Å². The molecule has 1 aliphatic carbocycles. The molecule has 6 heteroatoms. The molecule has 23 heavy (non-hydrogen) atoms. The summed E-state index contributed by atoms with van der Waals surface area (Å²) in [6, 6.07) is 1.68. The highest BCUT2D eigenvalue weighted by Crippen LogP contribution is 2.35. The number of hydrogen-bond acceptors (Lipinski definition) is 4. The van der Waals surface area contributed by atoms with E-state index in [4.69, 9.17) is 4.52 Å². The van der Waals surface area contributed by atoms with E-state index in [-0.39, 0.29) is 11.3 Å². The third-order valence-corrected chi connectivity index (χ3v) is 4.42. The highest BCUT2D eigenvalue weighted by Gasteiger charge is 2.37. The second-order valence-corrected chi connectivity index (χ2v) is 7.34. The number of nitrogens with zero attached hydrogens (tertiary/aromatic N) is 1. The average Bonchev–Trinajstić information content (AvgIpc) is 2.89. The Morgan fingerprint density at radius 3 is 2.26 bits per heavy atom. The van der Waals surface area contributed by atoms with Gasteiger partial charge in [0.25, 0.3) is 0 Å². The molecular formula is C17H24N2O4. The Labute approximate surface area is 135 Å². The number of carbonyl (C=O) groups excluding carboxylic acids is 1. The van der Waals surface area contributed by atoms with Crippen molar-refractivity contribution < 1.29 is 19.2 Å². The predicted octanol–water partition coefficient (Wildman–Crippen LogP) is 3.36. The second-order valence-electron chi connectivity index (χ2n) is 7.34. The lowest BCUT2D eigenvalue weighted by molar-refractivity contribution is -0.146. The van der Waals surface area contributed by atoms with Crippen LogP contribution in [0.1, 0.15) is 53.2 Å². The summed E-state index contributed by atoms with van der Waals surface area (Å²) >= 11 is 0. The number of nitrogens with one attached hydrogen (secondary N) is 1. The van der Waals surface area contributed by atoms with Crippen molar-refractivity contribution in [2.24, 2.45) is 11.8 Å². The predicted molar refractivity (Wildman–Crippen MR) is 86.1 cm³/mol. The van der Waals surface area contributed by atoms with Crippen LogP contribution in [0.15, 0.2) is 21.7 Å². The summed E-state index contributed by atoms with van der Waals surface area (Å²) in [4.78, 5) is 24.0. The fourth-order valence-corrected chi connectivity index (χ4v) is 2.73. The van der Waals surface area contributed by atoms with Crippen LogP contribution in [0.2, 0.25) is 0 Å². The molecule has 1 amide bonds. The minimum Gasteiger partial charge on any atom is -0.481 e. The number of aliphatic carboxylic acids is 1. The number of aromatic nitrogens is 1. The number of anilines is 1. The smallest absolute Gasteiger partial charge is 0.307 e. The molecular weight excluding hydrogens is 296 g/mol. The largest absolute Gasteiger partial charge is 0.481 e. The Kier molecular flexibility index (Phi) is 4.63. The lowest BCUT2D eigenvalue weighted by Gasteiger charge is -2.29. The van der Waals surface area contributed by atoms with Crippen LogP contribution in [0.3, 0.4) is 0 Å². The molecule has 0 bridgehead atoms. The van der Waals surface area contributed by atoms with E-state index in [1.54, 1.807) is 6.07 Å². The van der Waals surface area contributed by atoms with Crippen LogP contribution in [0.4, 0.5) is 5.82 Å². The third kappa shape index (κ3) is 3.81. The second kappa shape index (κ2) is 6.18. The molecule has 0 saturated carbocycles. The fraction of sp³-hybridized carbons (Fsp3) is 0.588. The van der Waals surface area contributed by atoms with Crippen LogP contribution in [-0.4, -0.2) is 22.1 Å². The first-order valence-corrected chi connectivity index (χ1v) is 7.75. The van der Waals surface area contributed by atoms with Crippen LogP contribution in [0.5, 0.6) is 0 Å². The molecule has 2 N–H and O–H groups in total. The van der Waals surface area contributed by atoms with Crippen molar-refractivity contribution in [2.75, 3.05) is 5.32 Å². The SMILES string of the molecule is CC1=C(C)C[C@@H](C(=O)Nc2cc(C(C)(C)C)on2)[C@@H](C(=O)O)C1. The Bertz CT molecular complexity index is 652. The number of amides is 1. The van der Waals surface area contributed by atoms with E-state index in [1.165, 1.54) is 0 Å². The molecule has 0 aliphatic heterocycles. The van der Waals surface area contributed by atoms with Crippen LogP contribution < -0.4 is 5.32 Å². The normalized spacial score (nSPS) is 22.1. The third-order valence-electron chi connectivity index (χ3n) is 4.42. The zero-order valence-corrected chi connectivity index (χ0v) is 14.3. The number of allylic oxidation sites excluding steroid dienone is 2. The van der Waals surface area contributed by atoms with E-state index in [2.05, 4.69) is 10.5 Å². The van der Waals surface area contributed by atoms with Crippen molar-refractivity contribution in [1.82, 2.24) is 5.16 Å². The molecule has 2 atom stereocenters. The summed E-state index contributed by atoms with van der Waals surface area (Å²) in [5, 5.41) is 16.0. The molecule has 2 rings (SSSR count). The zero-order valence-electron chi connectivity index (χ0n) is 14.3. The summed E-state index contributed by atoms with van der Waals surface area (Å²) in [6.07, 6.45) is 0.865. The monoisotopic (exact) mass is 320 g/mol. The highest BCUT2D eigenvalue weighted by molar-refractivity contribution is 5.94. The molecule has 0 radical (unpaired) electrons. The molecule has 1 aromatic heterocycles. The molecule has 1 aromatic rings. The van der Waals surface area contributed by atoms with E-state index in [0.29, 0.717) is 24.4 Å². The maximum Gasteiger partial charge on any atom is 0.307 e. The Morgan fingerprint density at radius 2 is 1.78 bits per heavy atom. The van der Waals surface area contributed by atoms with Crippen LogP contribution in [-0.2, 0) is 15.0 Å². The number of carboxylic acid groups (broad SMARTS) is 1. The lowest BCUT2D eigenvalue weighted by atomic mass is 9.76. The van der Waals surface area contributed by atoms with E-state index in [0.717, 1.165) is 11.1 Å². The first kappa shape index (κ1) is 17.2. The summed E-state index contributed by atoms with van der Waals surface area (Å²) in [5.41, 5.74) is 1.93. The van der Waals surface area contributed by atoms with E-state index in [1.807, 2.05) is 34.6 Å². The van der Waals surface area contributed by atoms with Crippen molar-refractivity contribution in [3.8, 4) is 0 Å². The summed E-state index contributed by atoms with van der Waals surface area (Å²) in [5.74, 6) is -1.56. The van der Waals surface area contributed by atoms with Gasteiger partial charge in [-0.3, -0.25) is 9.59 Å². The van der Waals surface area contributed by atoms with Gasteiger partial charge < -0.3 is 14.9 Å². The van der Waals surface area contributed by atoms with Crippen LogP contribution in [0.25, 0.3) is 0 Å². The van der Waals surface area contributed by atoms with Crippen molar-refractivity contribution in [3.05, 3.63) is 23.0 Å². The van der Waals surface area contributed by atoms with Gasteiger partial charge in [0.1, 0.15) is 5.76 Å². The number of carboxylic acids is 1. The van der Waals surface area contributed by atoms with Gasteiger partial charge in [-0.15, -0.1) is 0 Å². The van der Waals surface area contributed by atoms with Gasteiger partial charge >= 0.3 is 5.97 Å². The van der Waals surface area contributed by atoms with Crippen molar-refractivity contribution >= 4 is 17.7 Å². The van der Waals surface area contributed by atoms with Crippen molar-refractivity contribution in [2.45, 2.75) is 52.9 Å². The van der Waals surface area contributed by atoms with Gasteiger partial charge in [0.2, 0.25) is 5.91 Å². The van der Waals surface area contributed by atoms with Crippen molar-refractivity contribution in [1.29, 1.82) is 0 Å². The Morgan fingerprint density at radius 1 is 1.22 bits per heavy atom. The maximum atomic E-state index is 12.5. The fourth-order valence-electron chi connectivity index (χ4n) is 2.73. The van der Waals surface area contributed by atoms with Gasteiger partial charge in [0.15, 0.2) is 5.82 Å². The molecule has 0 aromatic carbocycles. The molecule has 1 aliphatic rings. The van der Waals surface area contributed by atoms with E-state index in [9.17, 15) is 14.7 Å². The highest BCUT2D eigenvalue weighted by atomic mass is 16.5. The van der Waals surface area contributed by atoms with E-state index < -0.39 is 17.8 Å². The van der Waals surface area contributed by atoms with Gasteiger partial charge in [0, 0.05) is 11.5 Å².